The molecule has 3 rings (SSSR count). The number of aliphatic hydroxyl groups is 1. The molecule has 1 aliphatic heterocycles. The molecule has 2 heterocycles. The van der Waals surface area contributed by atoms with Gasteiger partial charge in [0.2, 0.25) is 0 Å². The minimum Gasteiger partial charge on any atom is -0.507 e. The summed E-state index contributed by atoms with van der Waals surface area (Å²) < 4.78 is 4.85. The van der Waals surface area contributed by atoms with Crippen LogP contribution in [0.5, 0.6) is 0 Å². The van der Waals surface area contributed by atoms with Crippen LogP contribution in [0.3, 0.4) is 0 Å². The fourth-order valence-electron chi connectivity index (χ4n) is 5.07. The highest BCUT2D eigenvalue weighted by Crippen LogP contribution is 2.41. The summed E-state index contributed by atoms with van der Waals surface area (Å²) in [5.41, 5.74) is 3.44. The van der Waals surface area contributed by atoms with Gasteiger partial charge >= 0.3 is 5.97 Å². The number of aliphatic hydroxyl groups excluding tert-OH is 1. The van der Waals surface area contributed by atoms with E-state index in [4.69, 9.17) is 4.74 Å². The second kappa shape index (κ2) is 11.8. The van der Waals surface area contributed by atoms with Crippen LogP contribution in [0.4, 0.5) is 0 Å². The van der Waals surface area contributed by atoms with Crippen LogP contribution in [-0.4, -0.2) is 70.8 Å². The summed E-state index contributed by atoms with van der Waals surface area (Å²) in [7, 11) is 1.28. The van der Waals surface area contributed by atoms with Crippen molar-refractivity contribution < 1.29 is 24.2 Å². The highest BCUT2D eigenvalue weighted by Gasteiger charge is 2.46. The number of ketones is 1. The van der Waals surface area contributed by atoms with E-state index in [9.17, 15) is 19.5 Å². The fraction of sp³-hybridized carbons (Fsp3) is 0.483. The lowest BCUT2D eigenvalue weighted by Gasteiger charge is -2.27. The van der Waals surface area contributed by atoms with Crippen LogP contribution in [0.1, 0.15) is 84.5 Å². The Labute approximate surface area is 219 Å². The third kappa shape index (κ3) is 5.49. The molecule has 1 aromatic carbocycles. The average molecular weight is 510 g/mol. The Morgan fingerprint density at radius 2 is 1.76 bits per heavy atom. The number of aryl methyl sites for hydroxylation is 1. The van der Waals surface area contributed by atoms with E-state index in [1.54, 1.807) is 18.7 Å². The molecule has 1 aliphatic rings. The average Bonchev–Trinajstić information content (AvgIpc) is 3.32. The second-order valence-corrected chi connectivity index (χ2v) is 9.81. The smallest absolute Gasteiger partial charge is 0.354 e. The van der Waals surface area contributed by atoms with E-state index in [2.05, 4.69) is 37.6 Å². The molecule has 0 bridgehead atoms. The quantitative estimate of drug-likeness (QED) is 0.208. The minimum atomic E-state index is -0.729. The monoisotopic (exact) mass is 509 g/mol. The number of carbonyl (C=O) groups is 3. The lowest BCUT2D eigenvalue weighted by atomic mass is 9.92. The molecule has 1 amide bonds. The van der Waals surface area contributed by atoms with E-state index in [1.807, 2.05) is 24.3 Å². The Bertz CT molecular complexity index is 1190. The van der Waals surface area contributed by atoms with Gasteiger partial charge in [-0.25, -0.2) is 4.79 Å². The number of ether oxygens (including phenoxy) is 1. The summed E-state index contributed by atoms with van der Waals surface area (Å²) in [5, 5.41) is 11.5. The van der Waals surface area contributed by atoms with Crippen LogP contribution in [0.15, 0.2) is 29.8 Å². The first-order valence-electron chi connectivity index (χ1n) is 13.0. The van der Waals surface area contributed by atoms with Crippen LogP contribution in [0.25, 0.3) is 5.76 Å². The zero-order chi connectivity index (χ0) is 27.4. The SMILES string of the molecule is CCN(CC)CCCN1C(=O)C(=O)C(=C(O)c2c(C)[nH]c(C(=O)OC)c2C)[C@@H]1c1ccc(C(C)C)cc1. The molecule has 0 spiro atoms. The topological polar surface area (TPSA) is 103 Å². The number of carbonyl (C=O) groups excluding carboxylic acids is 3. The van der Waals surface area contributed by atoms with Crippen molar-refractivity contribution in [2.45, 2.75) is 59.9 Å². The summed E-state index contributed by atoms with van der Waals surface area (Å²) >= 11 is 0. The van der Waals surface area contributed by atoms with Crippen LogP contribution in [0, 0.1) is 13.8 Å². The number of nitrogens with zero attached hydrogens (tertiary/aromatic N) is 2. The Morgan fingerprint density at radius 3 is 2.30 bits per heavy atom. The Morgan fingerprint density at radius 1 is 1.14 bits per heavy atom. The van der Waals surface area contributed by atoms with E-state index >= 15 is 0 Å². The minimum absolute atomic E-state index is 0.0340. The lowest BCUT2D eigenvalue weighted by Crippen LogP contribution is -2.33. The zero-order valence-electron chi connectivity index (χ0n) is 23.0. The number of aromatic amines is 1. The molecule has 8 nitrogen and oxygen atoms in total. The van der Waals surface area contributed by atoms with Crippen LogP contribution in [-0.2, 0) is 14.3 Å². The zero-order valence-corrected chi connectivity index (χ0v) is 23.0. The Hall–Kier alpha value is -3.39. The number of methoxy groups -OCH3 is 1. The Balaban J connectivity index is 2.13. The van der Waals surface area contributed by atoms with Gasteiger partial charge in [-0.1, -0.05) is 52.0 Å². The summed E-state index contributed by atoms with van der Waals surface area (Å²) in [6.45, 7) is 14.8. The summed E-state index contributed by atoms with van der Waals surface area (Å²) in [6.07, 6.45) is 0.698. The predicted molar refractivity (Wildman–Crippen MR) is 144 cm³/mol. The van der Waals surface area contributed by atoms with Gasteiger partial charge in [0.15, 0.2) is 0 Å². The second-order valence-electron chi connectivity index (χ2n) is 9.81. The maximum Gasteiger partial charge on any atom is 0.354 e. The summed E-state index contributed by atoms with van der Waals surface area (Å²) in [5.74, 6) is -1.88. The number of rotatable bonds is 10. The number of Topliss-reactive ketones (excluding diaryl/α,β-unsaturated/α-hetero) is 1. The number of aromatic nitrogens is 1. The molecule has 1 atom stereocenters. The van der Waals surface area contributed by atoms with Crippen LogP contribution in [0.2, 0.25) is 0 Å². The number of nitrogens with one attached hydrogen (secondary N) is 1. The molecule has 0 radical (unpaired) electrons. The number of benzene rings is 1. The molecule has 8 heteroatoms. The van der Waals surface area contributed by atoms with Crippen molar-refractivity contribution in [1.29, 1.82) is 0 Å². The molecule has 37 heavy (non-hydrogen) atoms. The number of hydrogen-bond acceptors (Lipinski definition) is 6. The summed E-state index contributed by atoms with van der Waals surface area (Å²) in [6, 6.07) is 7.12. The van der Waals surface area contributed by atoms with Gasteiger partial charge in [-0.3, -0.25) is 9.59 Å². The standard InChI is InChI=1S/C29H39N3O5/c1-8-31(9-2)15-10-16-32-25(21-13-11-20(12-14-21)17(3)4)23(27(34)28(32)35)26(33)22-18(5)24(29(36)37-7)30-19(22)6/h11-14,17,25,30,33H,8-10,15-16H2,1-7H3/t25-/m0/s1. The first-order valence-corrected chi connectivity index (χ1v) is 13.0. The molecule has 2 N–H and O–H groups in total. The maximum atomic E-state index is 13.4. The van der Waals surface area contributed by atoms with Gasteiger partial charge < -0.3 is 24.6 Å². The third-order valence-electron chi connectivity index (χ3n) is 7.29. The molecule has 2 aromatic rings. The maximum absolute atomic E-state index is 13.4. The predicted octanol–water partition coefficient (Wildman–Crippen LogP) is 4.70. The van der Waals surface area contributed by atoms with Gasteiger partial charge in [0.05, 0.1) is 18.7 Å². The number of hydrogen-bond donors (Lipinski definition) is 2. The largest absolute Gasteiger partial charge is 0.507 e. The first kappa shape index (κ1) is 28.2. The number of H-pyrrole nitrogens is 1. The van der Waals surface area contributed by atoms with Crippen molar-refractivity contribution in [3.05, 3.63) is 63.5 Å². The van der Waals surface area contributed by atoms with Gasteiger partial charge in [0, 0.05) is 17.8 Å². The lowest BCUT2D eigenvalue weighted by molar-refractivity contribution is -0.140. The van der Waals surface area contributed by atoms with E-state index in [0.29, 0.717) is 35.7 Å². The fourth-order valence-corrected chi connectivity index (χ4v) is 5.07. The van der Waals surface area contributed by atoms with Crippen molar-refractivity contribution in [2.24, 2.45) is 0 Å². The van der Waals surface area contributed by atoms with Crippen molar-refractivity contribution in [2.75, 3.05) is 33.3 Å². The molecule has 1 saturated heterocycles. The van der Waals surface area contributed by atoms with Gasteiger partial charge in [-0.15, -0.1) is 0 Å². The van der Waals surface area contributed by atoms with Crippen LogP contribution >= 0.6 is 0 Å². The van der Waals surface area contributed by atoms with Crippen LogP contribution < -0.4 is 0 Å². The van der Waals surface area contributed by atoms with Gasteiger partial charge in [-0.2, -0.15) is 0 Å². The first-order chi connectivity index (χ1) is 17.6. The van der Waals surface area contributed by atoms with Crippen molar-refractivity contribution in [3.8, 4) is 0 Å². The third-order valence-corrected chi connectivity index (χ3v) is 7.29. The van der Waals surface area contributed by atoms with Crippen molar-refractivity contribution in [3.63, 3.8) is 0 Å². The van der Waals surface area contributed by atoms with E-state index < -0.39 is 23.7 Å². The summed E-state index contributed by atoms with van der Waals surface area (Å²) in [4.78, 5) is 45.7. The van der Waals surface area contributed by atoms with Gasteiger partial charge in [-0.05, 0) is 62.5 Å². The van der Waals surface area contributed by atoms with E-state index in [0.717, 1.165) is 30.8 Å². The van der Waals surface area contributed by atoms with E-state index in [1.165, 1.54) is 7.11 Å². The molecule has 1 aromatic heterocycles. The molecule has 1 fully saturated rings. The molecule has 0 saturated carbocycles. The highest BCUT2D eigenvalue weighted by molar-refractivity contribution is 6.46. The molecule has 200 valence electrons. The molecule has 0 aliphatic carbocycles. The number of amides is 1. The van der Waals surface area contributed by atoms with Crippen molar-refractivity contribution >= 4 is 23.4 Å². The number of likely N-dealkylation sites (tertiary alicyclic amines) is 1. The highest BCUT2D eigenvalue weighted by atomic mass is 16.5. The molecular weight excluding hydrogens is 470 g/mol. The van der Waals surface area contributed by atoms with Gasteiger partial charge in [0.1, 0.15) is 11.5 Å². The molecule has 0 unspecified atom stereocenters. The normalized spacial score (nSPS) is 17.3. The van der Waals surface area contributed by atoms with Crippen molar-refractivity contribution in [1.82, 2.24) is 14.8 Å². The number of esters is 1. The van der Waals surface area contributed by atoms with Gasteiger partial charge in [0.25, 0.3) is 11.7 Å². The van der Waals surface area contributed by atoms with E-state index in [-0.39, 0.29) is 17.0 Å². The Kier molecular flexibility index (Phi) is 8.97. The molecular formula is C29H39N3O5.